The number of rotatable bonds is 2. The number of hydrogen-bond donors (Lipinski definition) is 2. The molecule has 2 aromatic carbocycles. The average Bonchev–Trinajstić information content (AvgIpc) is 2.53. The minimum absolute atomic E-state index is 0.0907. The molecule has 0 unspecified atom stereocenters. The summed E-state index contributed by atoms with van der Waals surface area (Å²) >= 11 is 0. The van der Waals surface area contributed by atoms with Crippen molar-refractivity contribution in [3.05, 3.63) is 65.2 Å². The summed E-state index contributed by atoms with van der Waals surface area (Å²) in [6.07, 6.45) is -0.0907. The maximum absolute atomic E-state index is 12.1. The van der Waals surface area contributed by atoms with Gasteiger partial charge in [0.25, 0.3) is 17.7 Å². The quantitative estimate of drug-likeness (QED) is 0.654. The molecule has 0 bridgehead atoms. The fourth-order valence-electron chi connectivity index (χ4n) is 2.28. The molecule has 0 saturated carbocycles. The first-order valence-corrected chi connectivity index (χ1v) is 6.62. The van der Waals surface area contributed by atoms with Crippen LogP contribution in [0.1, 0.15) is 26.3 Å². The number of hydroxylamine groups is 2. The van der Waals surface area contributed by atoms with Crippen LogP contribution < -0.4 is 5.32 Å². The standard InChI is InChI=1S/C16H12N2O4/c19-14-9-11-8-12(6-7-13(11)16(21)18(14)22)17-15(20)10-4-2-1-3-5-10/h1-8,22H,9H2,(H,17,20). The maximum atomic E-state index is 12.1. The van der Waals surface area contributed by atoms with Crippen LogP contribution in [0.3, 0.4) is 0 Å². The van der Waals surface area contributed by atoms with E-state index in [1.807, 2.05) is 6.07 Å². The van der Waals surface area contributed by atoms with E-state index in [1.54, 1.807) is 36.4 Å². The predicted molar refractivity (Wildman–Crippen MR) is 77.5 cm³/mol. The normalized spacial score (nSPS) is 13.8. The van der Waals surface area contributed by atoms with Crippen molar-refractivity contribution in [2.75, 3.05) is 5.32 Å². The largest absolute Gasteiger partial charge is 0.322 e. The van der Waals surface area contributed by atoms with E-state index in [9.17, 15) is 19.6 Å². The van der Waals surface area contributed by atoms with Crippen LogP contribution in [0, 0.1) is 0 Å². The lowest BCUT2D eigenvalue weighted by Crippen LogP contribution is -2.39. The van der Waals surface area contributed by atoms with Crippen molar-refractivity contribution >= 4 is 23.4 Å². The van der Waals surface area contributed by atoms with E-state index in [0.29, 0.717) is 16.8 Å². The van der Waals surface area contributed by atoms with Gasteiger partial charge in [0.1, 0.15) is 0 Å². The van der Waals surface area contributed by atoms with Gasteiger partial charge in [-0.05, 0) is 35.9 Å². The van der Waals surface area contributed by atoms with Gasteiger partial charge in [-0.3, -0.25) is 19.6 Å². The summed E-state index contributed by atoms with van der Waals surface area (Å²) in [5.74, 6) is -1.73. The summed E-state index contributed by atoms with van der Waals surface area (Å²) in [5, 5.41) is 12.1. The van der Waals surface area contributed by atoms with Gasteiger partial charge in [0.05, 0.1) is 6.42 Å². The molecule has 0 spiro atoms. The van der Waals surface area contributed by atoms with Crippen LogP contribution in [0.5, 0.6) is 0 Å². The van der Waals surface area contributed by atoms with Crippen molar-refractivity contribution in [2.24, 2.45) is 0 Å². The lowest BCUT2D eigenvalue weighted by atomic mass is 9.99. The molecule has 1 aliphatic heterocycles. The molecule has 3 rings (SSSR count). The van der Waals surface area contributed by atoms with Crippen LogP contribution in [0.25, 0.3) is 0 Å². The van der Waals surface area contributed by atoms with Crippen molar-refractivity contribution in [1.82, 2.24) is 5.06 Å². The number of anilines is 1. The van der Waals surface area contributed by atoms with Crippen LogP contribution in [0.15, 0.2) is 48.5 Å². The lowest BCUT2D eigenvalue weighted by Gasteiger charge is -2.21. The molecule has 0 aliphatic carbocycles. The third-order valence-electron chi connectivity index (χ3n) is 3.40. The molecule has 1 heterocycles. The molecule has 0 saturated heterocycles. The molecular formula is C16H12N2O4. The lowest BCUT2D eigenvalue weighted by molar-refractivity contribution is -0.153. The topological polar surface area (TPSA) is 86.7 Å². The molecule has 0 aromatic heterocycles. The number of fused-ring (bicyclic) bond motifs is 1. The van der Waals surface area contributed by atoms with E-state index < -0.39 is 11.8 Å². The smallest absolute Gasteiger partial charge is 0.284 e. The highest BCUT2D eigenvalue weighted by Crippen LogP contribution is 2.23. The number of benzene rings is 2. The molecule has 0 atom stereocenters. The zero-order valence-electron chi connectivity index (χ0n) is 11.4. The van der Waals surface area contributed by atoms with Crippen LogP contribution >= 0.6 is 0 Å². The SMILES string of the molecule is O=C(Nc1ccc2c(c1)CC(=O)N(O)C2=O)c1ccccc1. The summed E-state index contributed by atoms with van der Waals surface area (Å²) in [4.78, 5) is 35.3. The van der Waals surface area contributed by atoms with Crippen LogP contribution in [0.2, 0.25) is 0 Å². The summed E-state index contributed by atoms with van der Waals surface area (Å²) in [6.45, 7) is 0. The van der Waals surface area contributed by atoms with Crippen molar-refractivity contribution in [3.8, 4) is 0 Å². The molecule has 6 nitrogen and oxygen atoms in total. The first-order chi connectivity index (χ1) is 10.6. The molecule has 2 N–H and O–H groups in total. The zero-order chi connectivity index (χ0) is 15.7. The Hall–Kier alpha value is -2.99. The minimum Gasteiger partial charge on any atom is -0.322 e. The fourth-order valence-corrected chi connectivity index (χ4v) is 2.28. The highest BCUT2D eigenvalue weighted by atomic mass is 16.5. The van der Waals surface area contributed by atoms with E-state index in [1.165, 1.54) is 6.07 Å². The fraction of sp³-hybridized carbons (Fsp3) is 0.0625. The Morgan fingerprint density at radius 2 is 1.82 bits per heavy atom. The molecule has 2 aromatic rings. The Balaban J connectivity index is 1.86. The number of nitrogens with one attached hydrogen (secondary N) is 1. The molecule has 22 heavy (non-hydrogen) atoms. The van der Waals surface area contributed by atoms with Crippen LogP contribution in [-0.4, -0.2) is 28.0 Å². The summed E-state index contributed by atoms with van der Waals surface area (Å²) in [5.41, 5.74) is 1.72. The molecule has 3 amide bonds. The van der Waals surface area contributed by atoms with E-state index in [4.69, 9.17) is 0 Å². The monoisotopic (exact) mass is 296 g/mol. The summed E-state index contributed by atoms with van der Waals surface area (Å²) in [7, 11) is 0. The summed E-state index contributed by atoms with van der Waals surface area (Å²) in [6, 6.07) is 13.3. The Kier molecular flexibility index (Phi) is 3.44. The number of carbonyl (C=O) groups excluding carboxylic acids is 3. The predicted octanol–water partition coefficient (Wildman–Crippen LogP) is 1.85. The Morgan fingerprint density at radius 3 is 2.55 bits per heavy atom. The van der Waals surface area contributed by atoms with Gasteiger partial charge < -0.3 is 5.32 Å². The van der Waals surface area contributed by atoms with E-state index in [2.05, 4.69) is 5.32 Å². The number of hydrogen-bond acceptors (Lipinski definition) is 4. The third-order valence-corrected chi connectivity index (χ3v) is 3.40. The second-order valence-corrected chi connectivity index (χ2v) is 4.88. The van der Waals surface area contributed by atoms with Gasteiger partial charge in [0, 0.05) is 16.8 Å². The number of imide groups is 1. The van der Waals surface area contributed by atoms with Crippen molar-refractivity contribution in [3.63, 3.8) is 0 Å². The maximum Gasteiger partial charge on any atom is 0.284 e. The molecule has 110 valence electrons. The van der Waals surface area contributed by atoms with Gasteiger partial charge >= 0.3 is 0 Å². The van der Waals surface area contributed by atoms with E-state index >= 15 is 0 Å². The van der Waals surface area contributed by atoms with Gasteiger partial charge in [0.2, 0.25) is 0 Å². The van der Waals surface area contributed by atoms with Gasteiger partial charge in [-0.25, -0.2) is 0 Å². The Labute approximate surface area is 125 Å². The number of carbonyl (C=O) groups is 3. The van der Waals surface area contributed by atoms with Crippen molar-refractivity contribution in [2.45, 2.75) is 6.42 Å². The first kappa shape index (κ1) is 14.0. The highest BCUT2D eigenvalue weighted by Gasteiger charge is 2.30. The Bertz CT molecular complexity index is 771. The molecule has 1 aliphatic rings. The van der Waals surface area contributed by atoms with Crippen molar-refractivity contribution in [1.29, 1.82) is 0 Å². The number of amides is 3. The summed E-state index contributed by atoms with van der Waals surface area (Å²) < 4.78 is 0. The van der Waals surface area contributed by atoms with Gasteiger partial charge in [-0.15, -0.1) is 0 Å². The second-order valence-electron chi connectivity index (χ2n) is 4.88. The molecule has 6 heteroatoms. The van der Waals surface area contributed by atoms with Crippen molar-refractivity contribution < 1.29 is 19.6 Å². The molecule has 0 radical (unpaired) electrons. The van der Waals surface area contributed by atoms with E-state index in [0.717, 1.165) is 0 Å². The second kappa shape index (κ2) is 5.42. The first-order valence-electron chi connectivity index (χ1n) is 6.62. The van der Waals surface area contributed by atoms with Gasteiger partial charge in [-0.1, -0.05) is 18.2 Å². The van der Waals surface area contributed by atoms with Gasteiger partial charge in [-0.2, -0.15) is 5.06 Å². The third kappa shape index (κ3) is 2.47. The van der Waals surface area contributed by atoms with Crippen LogP contribution in [0.4, 0.5) is 5.69 Å². The molecule has 0 fully saturated rings. The van der Waals surface area contributed by atoms with Gasteiger partial charge in [0.15, 0.2) is 0 Å². The zero-order valence-corrected chi connectivity index (χ0v) is 11.4. The molecular weight excluding hydrogens is 284 g/mol. The van der Waals surface area contributed by atoms with E-state index in [-0.39, 0.29) is 23.0 Å². The highest BCUT2D eigenvalue weighted by molar-refractivity contribution is 6.09. The number of nitrogens with zero attached hydrogens (tertiary/aromatic N) is 1. The Morgan fingerprint density at radius 1 is 1.09 bits per heavy atom. The minimum atomic E-state index is -0.757. The average molecular weight is 296 g/mol. The van der Waals surface area contributed by atoms with Crippen LogP contribution in [-0.2, 0) is 11.2 Å².